The first-order valence-electron chi connectivity index (χ1n) is 8.05. The minimum Gasteiger partial charge on any atom is -0.360 e. The molecule has 4 aromatic rings. The molecule has 0 aliphatic rings. The summed E-state index contributed by atoms with van der Waals surface area (Å²) in [6, 6.07) is 13.1. The maximum absolute atomic E-state index is 12.7. The number of carbonyl (C=O) groups is 1. The van der Waals surface area contributed by atoms with Gasteiger partial charge < -0.3 is 14.2 Å². The number of halogens is 1. The van der Waals surface area contributed by atoms with E-state index < -0.39 is 0 Å². The van der Waals surface area contributed by atoms with Crippen molar-refractivity contribution in [1.29, 1.82) is 0 Å². The van der Waals surface area contributed by atoms with Gasteiger partial charge in [0.25, 0.3) is 5.91 Å². The number of benzene rings is 1. The third-order valence-electron chi connectivity index (χ3n) is 4.03. The molecule has 3 aromatic heterocycles. The normalized spacial score (nSPS) is 11.0. The Morgan fingerprint density at radius 2 is 2.00 bits per heavy atom. The van der Waals surface area contributed by atoms with Crippen LogP contribution in [0.3, 0.4) is 0 Å². The highest BCUT2D eigenvalue weighted by molar-refractivity contribution is 6.30. The van der Waals surface area contributed by atoms with Crippen molar-refractivity contribution in [2.45, 2.75) is 13.5 Å². The van der Waals surface area contributed by atoms with E-state index in [1.807, 2.05) is 47.0 Å². The van der Waals surface area contributed by atoms with Gasteiger partial charge in [-0.2, -0.15) is 0 Å². The molecule has 1 aromatic carbocycles. The molecule has 130 valence electrons. The van der Waals surface area contributed by atoms with Gasteiger partial charge in [0, 0.05) is 18.0 Å². The molecule has 1 N–H and O–H groups in total. The third kappa shape index (κ3) is 3.07. The lowest BCUT2D eigenvalue weighted by Gasteiger charge is -2.04. The van der Waals surface area contributed by atoms with Gasteiger partial charge in [0.2, 0.25) is 0 Å². The Balaban J connectivity index is 1.56. The van der Waals surface area contributed by atoms with Gasteiger partial charge in [-0.25, -0.2) is 4.98 Å². The maximum Gasteiger partial charge on any atom is 0.257 e. The summed E-state index contributed by atoms with van der Waals surface area (Å²) in [5.41, 5.74) is 3.29. The van der Waals surface area contributed by atoms with E-state index in [1.54, 1.807) is 19.2 Å². The molecule has 0 atom stereocenters. The molecule has 0 radical (unpaired) electrons. The highest BCUT2D eigenvalue weighted by Gasteiger charge is 2.21. The molecule has 0 fully saturated rings. The molecular formula is C19H15ClN4O2. The summed E-state index contributed by atoms with van der Waals surface area (Å²) < 4.78 is 7.06. The van der Waals surface area contributed by atoms with Crippen LogP contribution in [-0.2, 0) is 6.54 Å². The molecule has 0 aliphatic carbocycles. The molecular weight excluding hydrogens is 352 g/mol. The number of fused-ring (bicyclic) bond motifs is 1. The van der Waals surface area contributed by atoms with Crippen LogP contribution < -0.4 is 5.32 Å². The van der Waals surface area contributed by atoms with Crippen LogP contribution in [0.15, 0.2) is 59.4 Å². The number of pyridine rings is 1. The first-order chi connectivity index (χ1) is 12.6. The van der Waals surface area contributed by atoms with Crippen molar-refractivity contribution in [2.24, 2.45) is 0 Å². The lowest BCUT2D eigenvalue weighted by atomic mass is 10.1. The Labute approximate surface area is 154 Å². The highest BCUT2D eigenvalue weighted by atomic mass is 35.5. The number of hydrogen-bond donors (Lipinski definition) is 1. The molecule has 4 rings (SSSR count). The van der Waals surface area contributed by atoms with E-state index in [1.165, 1.54) is 0 Å². The van der Waals surface area contributed by atoms with Gasteiger partial charge in [-0.05, 0) is 19.1 Å². The second-order valence-corrected chi connectivity index (χ2v) is 6.29. The van der Waals surface area contributed by atoms with Gasteiger partial charge in [0.05, 0.1) is 17.3 Å². The second-order valence-electron chi connectivity index (χ2n) is 5.86. The van der Waals surface area contributed by atoms with Crippen molar-refractivity contribution in [3.8, 4) is 11.3 Å². The monoisotopic (exact) mass is 366 g/mol. The van der Waals surface area contributed by atoms with Crippen LogP contribution in [-0.4, -0.2) is 20.4 Å². The van der Waals surface area contributed by atoms with Gasteiger partial charge >= 0.3 is 0 Å². The molecule has 0 saturated heterocycles. The zero-order valence-electron chi connectivity index (χ0n) is 13.9. The summed E-state index contributed by atoms with van der Waals surface area (Å²) in [6.45, 7) is 2.01. The Morgan fingerprint density at radius 3 is 2.81 bits per heavy atom. The zero-order chi connectivity index (χ0) is 18.1. The first-order valence-corrected chi connectivity index (χ1v) is 8.42. The van der Waals surface area contributed by atoms with E-state index in [0.717, 1.165) is 16.9 Å². The van der Waals surface area contributed by atoms with Crippen molar-refractivity contribution < 1.29 is 9.32 Å². The maximum atomic E-state index is 12.7. The average Bonchev–Trinajstić information content (AvgIpc) is 3.23. The number of aryl methyl sites for hydroxylation is 1. The van der Waals surface area contributed by atoms with Gasteiger partial charge in [-0.1, -0.05) is 47.1 Å². The molecule has 7 heteroatoms. The summed E-state index contributed by atoms with van der Waals surface area (Å²) >= 11 is 5.98. The Kier molecular flexibility index (Phi) is 4.18. The lowest BCUT2D eigenvalue weighted by Crippen LogP contribution is -2.23. The fourth-order valence-electron chi connectivity index (χ4n) is 2.79. The van der Waals surface area contributed by atoms with E-state index in [9.17, 15) is 4.79 Å². The molecule has 6 nitrogen and oxygen atoms in total. The van der Waals surface area contributed by atoms with E-state index in [2.05, 4.69) is 15.5 Å². The van der Waals surface area contributed by atoms with E-state index in [4.69, 9.17) is 16.1 Å². The van der Waals surface area contributed by atoms with Crippen molar-refractivity contribution in [1.82, 2.24) is 19.9 Å². The molecule has 0 unspecified atom stereocenters. The number of amides is 1. The Hall–Kier alpha value is -3.12. The van der Waals surface area contributed by atoms with Crippen LogP contribution in [0.4, 0.5) is 0 Å². The number of nitrogens with one attached hydrogen (secondary N) is 1. The molecule has 26 heavy (non-hydrogen) atoms. The number of nitrogens with zero attached hydrogens (tertiary/aromatic N) is 3. The van der Waals surface area contributed by atoms with Gasteiger partial charge in [0.1, 0.15) is 22.7 Å². The van der Waals surface area contributed by atoms with Crippen LogP contribution >= 0.6 is 11.6 Å². The van der Waals surface area contributed by atoms with Gasteiger partial charge in [-0.15, -0.1) is 0 Å². The number of imidazole rings is 1. The quantitative estimate of drug-likeness (QED) is 0.595. The lowest BCUT2D eigenvalue weighted by molar-refractivity contribution is 0.0949. The Morgan fingerprint density at radius 1 is 1.19 bits per heavy atom. The number of carbonyl (C=O) groups excluding carboxylic acids is 1. The summed E-state index contributed by atoms with van der Waals surface area (Å²) in [5.74, 6) is 0.223. The van der Waals surface area contributed by atoms with Crippen LogP contribution in [0.25, 0.3) is 16.9 Å². The smallest absolute Gasteiger partial charge is 0.257 e. The molecule has 0 saturated carbocycles. The number of hydrogen-bond acceptors (Lipinski definition) is 4. The molecule has 0 aliphatic heterocycles. The van der Waals surface area contributed by atoms with Crippen LogP contribution in [0.5, 0.6) is 0 Å². The predicted molar refractivity (Wildman–Crippen MR) is 98.0 cm³/mol. The summed E-state index contributed by atoms with van der Waals surface area (Å²) in [7, 11) is 0. The minimum atomic E-state index is -0.252. The molecule has 1 amide bonds. The van der Waals surface area contributed by atoms with Crippen molar-refractivity contribution in [3.63, 3.8) is 0 Å². The van der Waals surface area contributed by atoms with Gasteiger partial charge in [0.15, 0.2) is 0 Å². The van der Waals surface area contributed by atoms with Crippen molar-refractivity contribution in [3.05, 3.63) is 76.9 Å². The third-order valence-corrected chi connectivity index (χ3v) is 4.26. The standard InChI is InChI=1S/C19H15ClN4O2/c1-12-17(18(23-26-12)13-5-3-2-4-6-13)19(25)21-9-15-11-24-10-14(20)7-8-16(24)22-15/h2-8,10-11H,9H2,1H3,(H,21,25). The van der Waals surface area contributed by atoms with E-state index in [0.29, 0.717) is 22.0 Å². The summed E-state index contributed by atoms with van der Waals surface area (Å²) in [6.07, 6.45) is 3.60. The highest BCUT2D eigenvalue weighted by Crippen LogP contribution is 2.25. The van der Waals surface area contributed by atoms with Gasteiger partial charge in [-0.3, -0.25) is 4.79 Å². The van der Waals surface area contributed by atoms with Crippen LogP contribution in [0.1, 0.15) is 21.8 Å². The fraction of sp³-hybridized carbons (Fsp3) is 0.105. The summed E-state index contributed by atoms with van der Waals surface area (Å²) in [4.78, 5) is 17.2. The largest absolute Gasteiger partial charge is 0.360 e. The van der Waals surface area contributed by atoms with Crippen LogP contribution in [0, 0.1) is 6.92 Å². The topological polar surface area (TPSA) is 72.4 Å². The summed E-state index contributed by atoms with van der Waals surface area (Å²) in [5, 5.41) is 7.54. The molecule has 0 bridgehead atoms. The first kappa shape index (κ1) is 16.4. The Bertz CT molecular complexity index is 1090. The predicted octanol–water partition coefficient (Wildman–Crippen LogP) is 3.88. The molecule has 3 heterocycles. The van der Waals surface area contributed by atoms with Crippen molar-refractivity contribution >= 4 is 23.2 Å². The second kappa shape index (κ2) is 6.65. The average molecular weight is 367 g/mol. The fourth-order valence-corrected chi connectivity index (χ4v) is 2.96. The molecule has 0 spiro atoms. The number of aromatic nitrogens is 3. The number of rotatable bonds is 4. The van der Waals surface area contributed by atoms with Crippen LogP contribution in [0.2, 0.25) is 5.02 Å². The minimum absolute atomic E-state index is 0.252. The van der Waals surface area contributed by atoms with E-state index >= 15 is 0 Å². The van der Waals surface area contributed by atoms with Crippen molar-refractivity contribution in [2.75, 3.05) is 0 Å². The SMILES string of the molecule is Cc1onc(-c2ccccc2)c1C(=O)NCc1cn2cc(Cl)ccc2n1. The zero-order valence-corrected chi connectivity index (χ0v) is 14.7. The van der Waals surface area contributed by atoms with E-state index in [-0.39, 0.29) is 12.5 Å².